The van der Waals surface area contributed by atoms with E-state index in [1.165, 1.54) is 31.6 Å². The van der Waals surface area contributed by atoms with Gasteiger partial charge in [-0.05, 0) is 39.4 Å². The molecule has 0 aliphatic carbocycles. The molecule has 2 rings (SSSR count). The molecule has 0 spiro atoms. The molecular weight excluding hydrogens is 212 g/mol. The summed E-state index contributed by atoms with van der Waals surface area (Å²) in [6.07, 6.45) is 2.43. The molecule has 1 aromatic rings. The van der Waals surface area contributed by atoms with Crippen molar-refractivity contribution in [3.05, 3.63) is 17.6 Å². The van der Waals surface area contributed by atoms with Crippen LogP contribution in [0, 0.1) is 6.92 Å². The molecular formula is C13H22N4. The fourth-order valence-corrected chi connectivity index (χ4v) is 2.47. The van der Waals surface area contributed by atoms with Crippen molar-refractivity contribution in [2.75, 3.05) is 32.0 Å². The smallest absolute Gasteiger partial charge is 0.129 e. The van der Waals surface area contributed by atoms with Crippen LogP contribution in [0.1, 0.15) is 37.2 Å². The van der Waals surface area contributed by atoms with E-state index in [-0.39, 0.29) is 0 Å². The van der Waals surface area contributed by atoms with Crippen LogP contribution in [-0.2, 0) is 0 Å². The first kappa shape index (κ1) is 12.3. The molecule has 0 saturated carbocycles. The molecule has 1 aliphatic rings. The van der Waals surface area contributed by atoms with Crippen LogP contribution in [-0.4, -0.2) is 41.5 Å². The van der Waals surface area contributed by atoms with Crippen molar-refractivity contribution in [3.8, 4) is 0 Å². The van der Waals surface area contributed by atoms with Gasteiger partial charge in [-0.2, -0.15) is 0 Å². The fourth-order valence-electron chi connectivity index (χ4n) is 2.47. The predicted octanol–water partition coefficient (Wildman–Crippen LogP) is 2.03. The van der Waals surface area contributed by atoms with Crippen molar-refractivity contribution in [2.45, 2.75) is 32.6 Å². The molecule has 0 unspecified atom stereocenters. The Hall–Kier alpha value is -1.16. The number of anilines is 1. The third-order valence-electron chi connectivity index (χ3n) is 3.57. The number of hydrogen-bond acceptors (Lipinski definition) is 4. The second-order valence-corrected chi connectivity index (χ2v) is 4.68. The number of piperidine rings is 1. The molecule has 1 N–H and O–H groups in total. The van der Waals surface area contributed by atoms with Crippen molar-refractivity contribution >= 4 is 5.82 Å². The summed E-state index contributed by atoms with van der Waals surface area (Å²) in [6, 6.07) is 2.10. The van der Waals surface area contributed by atoms with Crippen LogP contribution in [0.2, 0.25) is 0 Å². The van der Waals surface area contributed by atoms with Gasteiger partial charge in [0, 0.05) is 24.7 Å². The maximum Gasteiger partial charge on any atom is 0.129 e. The van der Waals surface area contributed by atoms with E-state index in [0.29, 0.717) is 5.92 Å². The summed E-state index contributed by atoms with van der Waals surface area (Å²) in [5, 5.41) is 3.11. The van der Waals surface area contributed by atoms with Gasteiger partial charge in [0.05, 0.1) is 0 Å². The van der Waals surface area contributed by atoms with E-state index in [2.05, 4.69) is 33.2 Å². The van der Waals surface area contributed by atoms with Crippen molar-refractivity contribution in [2.24, 2.45) is 0 Å². The Kier molecular flexibility index (Phi) is 3.94. The molecule has 0 bridgehead atoms. The van der Waals surface area contributed by atoms with E-state index in [0.717, 1.165) is 18.2 Å². The minimum absolute atomic E-state index is 0.603. The Bertz CT molecular complexity index is 370. The molecule has 0 amide bonds. The minimum Gasteiger partial charge on any atom is -0.373 e. The van der Waals surface area contributed by atoms with Crippen LogP contribution in [0.3, 0.4) is 0 Å². The zero-order valence-corrected chi connectivity index (χ0v) is 11.0. The normalized spacial score (nSPS) is 18.3. The van der Waals surface area contributed by atoms with Crippen molar-refractivity contribution in [1.82, 2.24) is 14.9 Å². The number of rotatable bonds is 3. The second kappa shape index (κ2) is 5.45. The summed E-state index contributed by atoms with van der Waals surface area (Å²) >= 11 is 0. The number of hydrogen-bond donors (Lipinski definition) is 1. The third kappa shape index (κ3) is 2.94. The lowest BCUT2D eigenvalue weighted by atomic mass is 9.93. The zero-order valence-electron chi connectivity index (χ0n) is 11.0. The van der Waals surface area contributed by atoms with Gasteiger partial charge in [0.1, 0.15) is 11.6 Å². The van der Waals surface area contributed by atoms with Gasteiger partial charge in [-0.3, -0.25) is 0 Å². The van der Waals surface area contributed by atoms with Gasteiger partial charge >= 0.3 is 0 Å². The highest BCUT2D eigenvalue weighted by Gasteiger charge is 2.21. The summed E-state index contributed by atoms with van der Waals surface area (Å²) in [5.41, 5.74) is 1.21. The SMILES string of the molecule is CCN1CCC(c2cc(NC)nc(C)n2)CC1. The summed E-state index contributed by atoms with van der Waals surface area (Å²) in [5.74, 6) is 2.40. The van der Waals surface area contributed by atoms with E-state index in [9.17, 15) is 0 Å². The molecule has 1 saturated heterocycles. The van der Waals surface area contributed by atoms with Crippen molar-refractivity contribution in [1.29, 1.82) is 0 Å². The van der Waals surface area contributed by atoms with Crippen LogP contribution in [0.4, 0.5) is 5.82 Å². The monoisotopic (exact) mass is 234 g/mol. The van der Waals surface area contributed by atoms with Gasteiger partial charge in [0.2, 0.25) is 0 Å². The van der Waals surface area contributed by atoms with Crippen LogP contribution < -0.4 is 5.32 Å². The summed E-state index contributed by atoms with van der Waals surface area (Å²) in [4.78, 5) is 11.4. The molecule has 94 valence electrons. The second-order valence-electron chi connectivity index (χ2n) is 4.68. The Morgan fingerprint density at radius 2 is 2.06 bits per heavy atom. The lowest BCUT2D eigenvalue weighted by molar-refractivity contribution is 0.221. The summed E-state index contributed by atoms with van der Waals surface area (Å²) in [6.45, 7) is 7.75. The van der Waals surface area contributed by atoms with E-state index >= 15 is 0 Å². The first-order chi connectivity index (χ1) is 8.22. The highest BCUT2D eigenvalue weighted by Crippen LogP contribution is 2.27. The highest BCUT2D eigenvalue weighted by molar-refractivity contribution is 5.36. The average molecular weight is 234 g/mol. The number of aryl methyl sites for hydroxylation is 1. The Morgan fingerprint density at radius 1 is 1.35 bits per heavy atom. The molecule has 0 atom stereocenters. The van der Waals surface area contributed by atoms with Crippen molar-refractivity contribution < 1.29 is 0 Å². The Morgan fingerprint density at radius 3 is 2.65 bits per heavy atom. The zero-order chi connectivity index (χ0) is 12.3. The third-order valence-corrected chi connectivity index (χ3v) is 3.57. The van der Waals surface area contributed by atoms with E-state index in [1.54, 1.807) is 0 Å². The highest BCUT2D eigenvalue weighted by atomic mass is 15.1. The lowest BCUT2D eigenvalue weighted by Gasteiger charge is -2.30. The maximum atomic E-state index is 4.59. The summed E-state index contributed by atoms with van der Waals surface area (Å²) in [7, 11) is 1.91. The number of likely N-dealkylation sites (tertiary alicyclic amines) is 1. The van der Waals surface area contributed by atoms with Crippen LogP contribution in [0.5, 0.6) is 0 Å². The molecule has 1 fully saturated rings. The minimum atomic E-state index is 0.603. The van der Waals surface area contributed by atoms with Gasteiger partial charge in [0.15, 0.2) is 0 Å². The van der Waals surface area contributed by atoms with Crippen LogP contribution in [0.25, 0.3) is 0 Å². The van der Waals surface area contributed by atoms with Gasteiger partial charge in [0.25, 0.3) is 0 Å². The molecule has 0 radical (unpaired) electrons. The standard InChI is InChI=1S/C13H22N4/c1-4-17-7-5-11(6-8-17)12-9-13(14-3)16-10(2)15-12/h9,11H,4-8H2,1-3H3,(H,14,15,16). The van der Waals surface area contributed by atoms with E-state index < -0.39 is 0 Å². The Balaban J connectivity index is 2.10. The van der Waals surface area contributed by atoms with Crippen LogP contribution >= 0.6 is 0 Å². The molecule has 4 heteroatoms. The largest absolute Gasteiger partial charge is 0.373 e. The topological polar surface area (TPSA) is 41.0 Å². The van der Waals surface area contributed by atoms with Gasteiger partial charge in [-0.15, -0.1) is 0 Å². The lowest BCUT2D eigenvalue weighted by Crippen LogP contribution is -2.32. The maximum absolute atomic E-state index is 4.59. The molecule has 17 heavy (non-hydrogen) atoms. The van der Waals surface area contributed by atoms with E-state index in [4.69, 9.17) is 0 Å². The molecule has 0 aromatic carbocycles. The predicted molar refractivity (Wildman–Crippen MR) is 70.4 cm³/mol. The van der Waals surface area contributed by atoms with E-state index in [1.807, 2.05) is 14.0 Å². The van der Waals surface area contributed by atoms with Crippen molar-refractivity contribution in [3.63, 3.8) is 0 Å². The fraction of sp³-hybridized carbons (Fsp3) is 0.692. The van der Waals surface area contributed by atoms with Gasteiger partial charge < -0.3 is 10.2 Å². The number of nitrogens with one attached hydrogen (secondary N) is 1. The van der Waals surface area contributed by atoms with Gasteiger partial charge in [-0.1, -0.05) is 6.92 Å². The average Bonchev–Trinajstić information content (AvgIpc) is 2.38. The number of aromatic nitrogens is 2. The molecule has 4 nitrogen and oxygen atoms in total. The molecule has 2 heterocycles. The first-order valence-corrected chi connectivity index (χ1v) is 6.48. The first-order valence-electron chi connectivity index (χ1n) is 6.48. The quantitative estimate of drug-likeness (QED) is 0.869. The summed E-state index contributed by atoms with van der Waals surface area (Å²) < 4.78 is 0. The number of nitrogens with zero attached hydrogens (tertiary/aromatic N) is 3. The van der Waals surface area contributed by atoms with Crippen LogP contribution in [0.15, 0.2) is 6.07 Å². The molecule has 1 aliphatic heterocycles. The Labute approximate surface area is 103 Å². The van der Waals surface area contributed by atoms with Gasteiger partial charge in [-0.25, -0.2) is 9.97 Å². The molecule has 1 aromatic heterocycles.